The first-order valence-electron chi connectivity index (χ1n) is 9.69. The fraction of sp³-hybridized carbons (Fsp3) is 0.348. The van der Waals surface area contributed by atoms with Crippen LogP contribution in [-0.4, -0.2) is 43.9 Å². The number of Topliss-reactive ketones (excluding diaryl/α,β-unsaturated/α-hetero) is 1. The van der Waals surface area contributed by atoms with Gasteiger partial charge in [-0.1, -0.05) is 6.58 Å². The molecule has 0 saturated heterocycles. The number of ether oxygens (including phenoxy) is 5. The number of hydrogen-bond acceptors (Lipinski definition) is 7. The fourth-order valence-electron chi connectivity index (χ4n) is 4.35. The van der Waals surface area contributed by atoms with Gasteiger partial charge in [-0.05, 0) is 30.7 Å². The van der Waals surface area contributed by atoms with Gasteiger partial charge in [-0.3, -0.25) is 4.79 Å². The first-order valence-corrected chi connectivity index (χ1v) is 9.69. The fourth-order valence-corrected chi connectivity index (χ4v) is 4.35. The lowest BCUT2D eigenvalue weighted by Gasteiger charge is -2.43. The minimum absolute atomic E-state index is 0.0125. The maximum atomic E-state index is 13.6. The zero-order valence-corrected chi connectivity index (χ0v) is 17.0. The van der Waals surface area contributed by atoms with Crippen molar-refractivity contribution in [3.63, 3.8) is 0 Å². The van der Waals surface area contributed by atoms with Gasteiger partial charge >= 0.3 is 0 Å². The molecule has 0 saturated carbocycles. The van der Waals surface area contributed by atoms with E-state index in [1.54, 1.807) is 24.3 Å². The summed E-state index contributed by atoms with van der Waals surface area (Å²) >= 11 is 0. The van der Waals surface area contributed by atoms with E-state index in [2.05, 4.69) is 6.58 Å². The van der Waals surface area contributed by atoms with Gasteiger partial charge in [0, 0.05) is 23.6 Å². The molecule has 3 heterocycles. The third-order valence-electron chi connectivity index (χ3n) is 6.03. The van der Waals surface area contributed by atoms with Crippen molar-refractivity contribution in [1.29, 1.82) is 0 Å². The highest BCUT2D eigenvalue weighted by molar-refractivity contribution is 6.07. The highest BCUT2D eigenvalue weighted by Crippen LogP contribution is 2.51. The first-order chi connectivity index (χ1) is 14.4. The summed E-state index contributed by atoms with van der Waals surface area (Å²) in [7, 11) is 3.00. The Morgan fingerprint density at radius 1 is 1.17 bits per heavy atom. The lowest BCUT2D eigenvalue weighted by atomic mass is 9.77. The number of fused-ring (bicyclic) bond motifs is 6. The van der Waals surface area contributed by atoms with Crippen molar-refractivity contribution in [1.82, 2.24) is 0 Å². The van der Waals surface area contributed by atoms with E-state index in [0.717, 1.165) is 11.1 Å². The summed E-state index contributed by atoms with van der Waals surface area (Å²) in [5, 5.41) is 11.6. The van der Waals surface area contributed by atoms with Gasteiger partial charge in [0.05, 0.1) is 19.8 Å². The summed E-state index contributed by atoms with van der Waals surface area (Å²) in [6.07, 6.45) is -0.501. The predicted octanol–water partition coefficient (Wildman–Crippen LogP) is 2.81. The van der Waals surface area contributed by atoms with Crippen LogP contribution in [0.5, 0.6) is 28.7 Å². The van der Waals surface area contributed by atoms with E-state index in [-0.39, 0.29) is 12.7 Å². The van der Waals surface area contributed by atoms with Gasteiger partial charge in [-0.2, -0.15) is 0 Å². The Labute approximate surface area is 173 Å². The van der Waals surface area contributed by atoms with Crippen molar-refractivity contribution in [2.24, 2.45) is 0 Å². The van der Waals surface area contributed by atoms with E-state index in [1.807, 2.05) is 6.92 Å². The van der Waals surface area contributed by atoms with Gasteiger partial charge in [0.25, 0.3) is 0 Å². The van der Waals surface area contributed by atoms with Crippen LogP contribution in [0.1, 0.15) is 28.4 Å². The van der Waals surface area contributed by atoms with Crippen LogP contribution < -0.4 is 23.7 Å². The number of aliphatic hydroxyl groups is 1. The van der Waals surface area contributed by atoms with Gasteiger partial charge in [-0.25, -0.2) is 0 Å². The van der Waals surface area contributed by atoms with Crippen molar-refractivity contribution in [3.8, 4) is 28.7 Å². The standard InChI is InChI=1S/C23H22O7/c1-11(2)16-7-13-15(29-16)6-5-12-21(13)30-20-10-28-17-9-19(27-4)18(26-3)8-14(17)23(20,25)22(12)24/h5-6,8-9,16,20,25H,1,7,10H2,2-4H3/t16-,20-,23-/m1/s1. The minimum Gasteiger partial charge on any atom is -0.493 e. The van der Waals surface area contributed by atoms with Crippen LogP contribution in [0.15, 0.2) is 36.4 Å². The van der Waals surface area contributed by atoms with E-state index in [4.69, 9.17) is 23.7 Å². The molecule has 0 aliphatic carbocycles. The number of ketones is 1. The van der Waals surface area contributed by atoms with Gasteiger partial charge < -0.3 is 28.8 Å². The molecule has 2 aromatic carbocycles. The van der Waals surface area contributed by atoms with E-state index in [9.17, 15) is 9.90 Å². The molecule has 0 unspecified atom stereocenters. The largest absolute Gasteiger partial charge is 0.493 e. The monoisotopic (exact) mass is 410 g/mol. The molecule has 7 heteroatoms. The first kappa shape index (κ1) is 18.8. The Morgan fingerprint density at radius 3 is 2.60 bits per heavy atom. The number of benzene rings is 2. The van der Waals surface area contributed by atoms with Crippen LogP contribution in [-0.2, 0) is 12.0 Å². The summed E-state index contributed by atoms with van der Waals surface area (Å²) in [4.78, 5) is 13.6. The molecule has 1 N–H and O–H groups in total. The molecule has 0 bridgehead atoms. The van der Waals surface area contributed by atoms with E-state index < -0.39 is 17.5 Å². The van der Waals surface area contributed by atoms with Crippen LogP contribution in [0.2, 0.25) is 0 Å². The Morgan fingerprint density at radius 2 is 1.90 bits per heavy atom. The molecule has 156 valence electrons. The van der Waals surface area contributed by atoms with Crippen molar-refractivity contribution in [3.05, 3.63) is 53.1 Å². The number of carbonyl (C=O) groups excluding carboxylic acids is 1. The molecule has 30 heavy (non-hydrogen) atoms. The van der Waals surface area contributed by atoms with Crippen molar-refractivity contribution in [2.45, 2.75) is 31.2 Å². The molecule has 0 radical (unpaired) electrons. The molecule has 0 amide bonds. The van der Waals surface area contributed by atoms with Crippen LogP contribution in [0.3, 0.4) is 0 Å². The molecule has 3 aliphatic heterocycles. The van der Waals surface area contributed by atoms with E-state index >= 15 is 0 Å². The van der Waals surface area contributed by atoms with Crippen LogP contribution in [0.25, 0.3) is 0 Å². The summed E-state index contributed by atoms with van der Waals surface area (Å²) < 4.78 is 28.6. The summed E-state index contributed by atoms with van der Waals surface area (Å²) in [6, 6.07) is 6.57. The zero-order valence-electron chi connectivity index (χ0n) is 17.0. The second kappa shape index (κ2) is 6.40. The van der Waals surface area contributed by atoms with Gasteiger partial charge in [0.15, 0.2) is 23.2 Å². The maximum Gasteiger partial charge on any atom is 0.206 e. The topological polar surface area (TPSA) is 83.5 Å². The zero-order chi connectivity index (χ0) is 21.2. The SMILES string of the molecule is C=C(C)[C@H]1Cc2c(ccc3c2O[C@@H]2COc4cc(OC)c(OC)cc4[C@]2(O)C3=O)O1. The van der Waals surface area contributed by atoms with E-state index in [1.165, 1.54) is 14.2 Å². The number of rotatable bonds is 3. The van der Waals surface area contributed by atoms with Gasteiger partial charge in [-0.15, -0.1) is 0 Å². The van der Waals surface area contributed by atoms with Crippen molar-refractivity contribution < 1.29 is 33.6 Å². The molecule has 0 fully saturated rings. The Kier molecular flexibility index (Phi) is 4.02. The lowest BCUT2D eigenvalue weighted by Crippen LogP contribution is -2.57. The second-order valence-corrected chi connectivity index (χ2v) is 7.79. The Balaban J connectivity index is 1.63. The highest BCUT2D eigenvalue weighted by atomic mass is 16.6. The minimum atomic E-state index is -1.90. The molecule has 2 aromatic rings. The average molecular weight is 410 g/mol. The lowest BCUT2D eigenvalue weighted by molar-refractivity contribution is -0.0802. The Bertz CT molecular complexity index is 1090. The average Bonchev–Trinajstić information content (AvgIpc) is 3.19. The normalized spacial score (nSPS) is 25.5. The number of carbonyl (C=O) groups is 1. The van der Waals surface area contributed by atoms with Crippen LogP contribution in [0.4, 0.5) is 0 Å². The van der Waals surface area contributed by atoms with Crippen molar-refractivity contribution in [2.75, 3.05) is 20.8 Å². The van der Waals surface area contributed by atoms with Gasteiger partial charge in [0.1, 0.15) is 30.0 Å². The molecule has 5 rings (SSSR count). The molecular formula is C23H22O7. The smallest absolute Gasteiger partial charge is 0.206 e. The van der Waals surface area contributed by atoms with Crippen LogP contribution in [0, 0.1) is 0 Å². The van der Waals surface area contributed by atoms with Gasteiger partial charge in [0.2, 0.25) is 5.78 Å². The van der Waals surface area contributed by atoms with E-state index in [0.29, 0.717) is 46.3 Å². The summed E-state index contributed by atoms with van der Waals surface area (Å²) in [5.41, 5.74) is 0.426. The number of hydrogen-bond donors (Lipinski definition) is 1. The third-order valence-corrected chi connectivity index (χ3v) is 6.03. The predicted molar refractivity (Wildman–Crippen MR) is 107 cm³/mol. The second-order valence-electron chi connectivity index (χ2n) is 7.79. The maximum absolute atomic E-state index is 13.6. The molecule has 3 atom stereocenters. The Hall–Kier alpha value is -3.19. The summed E-state index contributed by atoms with van der Waals surface area (Å²) in [5.74, 6) is 1.88. The molecule has 0 aromatic heterocycles. The number of methoxy groups -OCH3 is 2. The van der Waals surface area contributed by atoms with Crippen LogP contribution >= 0.6 is 0 Å². The summed E-state index contributed by atoms with van der Waals surface area (Å²) in [6.45, 7) is 5.88. The molecular weight excluding hydrogens is 388 g/mol. The highest BCUT2D eigenvalue weighted by Gasteiger charge is 2.56. The van der Waals surface area contributed by atoms with Crippen molar-refractivity contribution >= 4 is 5.78 Å². The quantitative estimate of drug-likeness (QED) is 0.779. The molecule has 7 nitrogen and oxygen atoms in total. The molecule has 0 spiro atoms. The molecule has 3 aliphatic rings. The third kappa shape index (κ3) is 2.38.